The van der Waals surface area contributed by atoms with E-state index in [1.54, 1.807) is 11.0 Å². The maximum Gasteiger partial charge on any atom is 0.416 e. The average molecular weight is 393 g/mol. The number of amides is 1. The Balaban J connectivity index is 0.00000243. The second kappa shape index (κ2) is 9.06. The minimum Gasteiger partial charge on any atom is -0.378 e. The molecular formula is C18H24ClF3N2O2. The van der Waals surface area contributed by atoms with Crippen LogP contribution < -0.4 is 5.32 Å². The van der Waals surface area contributed by atoms with E-state index in [1.807, 2.05) is 0 Å². The Morgan fingerprint density at radius 3 is 2.73 bits per heavy atom. The number of ether oxygens (including phenoxy) is 1. The summed E-state index contributed by atoms with van der Waals surface area (Å²) in [7, 11) is 0. The Hall–Kier alpha value is -1.31. The van der Waals surface area contributed by atoms with Crippen molar-refractivity contribution in [1.82, 2.24) is 10.2 Å². The number of piperidine rings is 1. The molecule has 2 fully saturated rings. The van der Waals surface area contributed by atoms with Crippen LogP contribution in [0.25, 0.3) is 0 Å². The molecule has 2 atom stereocenters. The van der Waals surface area contributed by atoms with Crippen molar-refractivity contribution in [1.29, 1.82) is 0 Å². The Labute approximate surface area is 157 Å². The summed E-state index contributed by atoms with van der Waals surface area (Å²) in [5, 5.41) is 3.23. The number of morpholine rings is 1. The second-order valence-corrected chi connectivity index (χ2v) is 6.61. The van der Waals surface area contributed by atoms with Crippen LogP contribution in [-0.4, -0.2) is 43.2 Å². The molecule has 2 aliphatic rings. The molecule has 146 valence electrons. The molecule has 0 bridgehead atoms. The fourth-order valence-electron chi connectivity index (χ4n) is 3.68. The average Bonchev–Trinajstić information content (AvgIpc) is 2.62. The lowest BCUT2D eigenvalue weighted by molar-refractivity contribution is -0.142. The van der Waals surface area contributed by atoms with E-state index >= 15 is 0 Å². The summed E-state index contributed by atoms with van der Waals surface area (Å²) >= 11 is 0. The van der Waals surface area contributed by atoms with Crippen molar-refractivity contribution in [2.24, 2.45) is 0 Å². The first-order valence-electron chi connectivity index (χ1n) is 8.73. The van der Waals surface area contributed by atoms with Gasteiger partial charge in [0.25, 0.3) is 0 Å². The smallest absolute Gasteiger partial charge is 0.378 e. The Morgan fingerprint density at radius 1 is 1.27 bits per heavy atom. The topological polar surface area (TPSA) is 41.6 Å². The lowest BCUT2D eigenvalue weighted by atomic mass is 9.91. The van der Waals surface area contributed by atoms with Crippen LogP contribution >= 0.6 is 12.4 Å². The van der Waals surface area contributed by atoms with Gasteiger partial charge in [0.05, 0.1) is 24.8 Å². The molecule has 2 heterocycles. The number of benzene rings is 1. The monoisotopic (exact) mass is 392 g/mol. The quantitative estimate of drug-likeness (QED) is 0.855. The number of carbonyl (C=O) groups excluding carboxylic acids is 1. The molecule has 1 aromatic carbocycles. The van der Waals surface area contributed by atoms with Crippen molar-refractivity contribution >= 4 is 18.3 Å². The van der Waals surface area contributed by atoms with Gasteiger partial charge in [0.15, 0.2) is 0 Å². The number of alkyl halides is 3. The first kappa shape index (κ1) is 21.0. The second-order valence-electron chi connectivity index (χ2n) is 6.61. The summed E-state index contributed by atoms with van der Waals surface area (Å²) in [6, 6.07) is 5.03. The first-order chi connectivity index (χ1) is 12.0. The highest BCUT2D eigenvalue weighted by Crippen LogP contribution is 2.39. The summed E-state index contributed by atoms with van der Waals surface area (Å²) in [6.07, 6.45) is -1.95. The molecule has 2 saturated heterocycles. The van der Waals surface area contributed by atoms with Crippen molar-refractivity contribution in [3.63, 3.8) is 0 Å². The number of rotatable bonds is 3. The van der Waals surface area contributed by atoms with E-state index < -0.39 is 17.8 Å². The summed E-state index contributed by atoms with van der Waals surface area (Å²) in [6.45, 7) is 2.28. The molecular weight excluding hydrogens is 369 g/mol. The van der Waals surface area contributed by atoms with Gasteiger partial charge in [-0.1, -0.05) is 18.2 Å². The fraction of sp³-hybridized carbons (Fsp3) is 0.611. The van der Waals surface area contributed by atoms with Gasteiger partial charge in [-0.15, -0.1) is 12.4 Å². The number of likely N-dealkylation sites (tertiary alicyclic amines) is 1. The van der Waals surface area contributed by atoms with Crippen LogP contribution in [0.4, 0.5) is 13.2 Å². The number of hydrogen-bond donors (Lipinski definition) is 1. The van der Waals surface area contributed by atoms with Gasteiger partial charge in [0.1, 0.15) is 0 Å². The number of hydrogen-bond acceptors (Lipinski definition) is 3. The van der Waals surface area contributed by atoms with Crippen molar-refractivity contribution in [2.75, 3.05) is 26.3 Å². The third-order valence-electron chi connectivity index (χ3n) is 4.87. The van der Waals surface area contributed by atoms with E-state index in [2.05, 4.69) is 5.32 Å². The van der Waals surface area contributed by atoms with E-state index in [4.69, 9.17) is 4.74 Å². The predicted octanol–water partition coefficient (Wildman–Crippen LogP) is 3.56. The molecule has 1 amide bonds. The van der Waals surface area contributed by atoms with Crippen molar-refractivity contribution in [2.45, 2.75) is 43.9 Å². The largest absolute Gasteiger partial charge is 0.416 e. The van der Waals surface area contributed by atoms with Crippen molar-refractivity contribution in [3.8, 4) is 0 Å². The van der Waals surface area contributed by atoms with Crippen LogP contribution in [0, 0.1) is 0 Å². The highest BCUT2D eigenvalue weighted by atomic mass is 35.5. The molecule has 1 aromatic rings. The summed E-state index contributed by atoms with van der Waals surface area (Å²) in [5.41, 5.74) is -0.435. The molecule has 4 nitrogen and oxygen atoms in total. The van der Waals surface area contributed by atoms with Crippen molar-refractivity contribution < 1.29 is 22.7 Å². The zero-order valence-electron chi connectivity index (χ0n) is 14.4. The highest BCUT2D eigenvalue weighted by molar-refractivity contribution is 5.85. The molecule has 3 rings (SSSR count). The van der Waals surface area contributed by atoms with Gasteiger partial charge in [0, 0.05) is 25.6 Å². The lowest BCUT2D eigenvalue weighted by Crippen LogP contribution is -2.46. The number of halogens is 4. The van der Waals surface area contributed by atoms with Crippen LogP contribution in [0.1, 0.15) is 42.9 Å². The van der Waals surface area contributed by atoms with Crippen LogP contribution in [0.5, 0.6) is 0 Å². The third kappa shape index (κ3) is 4.90. The molecule has 0 radical (unpaired) electrons. The van der Waals surface area contributed by atoms with E-state index in [0.717, 1.165) is 18.9 Å². The zero-order chi connectivity index (χ0) is 17.9. The summed E-state index contributed by atoms with van der Waals surface area (Å²) < 4.78 is 45.5. The van der Waals surface area contributed by atoms with Gasteiger partial charge in [0.2, 0.25) is 5.91 Å². The molecule has 0 aliphatic carbocycles. The van der Waals surface area contributed by atoms with Crippen LogP contribution in [0.3, 0.4) is 0 Å². The van der Waals surface area contributed by atoms with Gasteiger partial charge in [-0.25, -0.2) is 0 Å². The van der Waals surface area contributed by atoms with Gasteiger partial charge in [-0.3, -0.25) is 4.79 Å². The summed E-state index contributed by atoms with van der Waals surface area (Å²) in [5.74, 6) is -0.107. The maximum atomic E-state index is 13.4. The Kier molecular flexibility index (Phi) is 7.32. The van der Waals surface area contributed by atoms with Gasteiger partial charge in [-0.2, -0.15) is 13.2 Å². The normalized spacial score (nSPS) is 24.0. The molecule has 8 heteroatoms. The highest BCUT2D eigenvalue weighted by Gasteiger charge is 2.38. The number of nitrogens with one attached hydrogen (secondary N) is 1. The lowest BCUT2D eigenvalue weighted by Gasteiger charge is -2.38. The molecule has 26 heavy (non-hydrogen) atoms. The number of nitrogens with zero attached hydrogens (tertiary/aromatic N) is 1. The van der Waals surface area contributed by atoms with Crippen LogP contribution in [-0.2, 0) is 15.7 Å². The van der Waals surface area contributed by atoms with E-state index in [-0.39, 0.29) is 36.3 Å². The SMILES string of the molecule is Cl.O=C(CC1COCCN1)N1CCCCC1c1ccccc1C(F)(F)F. The Bertz CT molecular complexity index is 606. The molecule has 0 saturated carbocycles. The van der Waals surface area contributed by atoms with Gasteiger partial charge >= 0.3 is 6.18 Å². The third-order valence-corrected chi connectivity index (χ3v) is 4.87. The minimum absolute atomic E-state index is 0. The molecule has 2 aliphatic heterocycles. The van der Waals surface area contributed by atoms with E-state index in [9.17, 15) is 18.0 Å². The molecule has 0 spiro atoms. The maximum absolute atomic E-state index is 13.4. The zero-order valence-corrected chi connectivity index (χ0v) is 15.2. The standard InChI is InChI=1S/C18H23F3N2O2.ClH/c19-18(20,21)15-6-2-1-5-14(15)16-7-3-4-9-23(16)17(24)11-13-12-25-10-8-22-13;/h1-2,5-6,13,16,22H,3-4,7-12H2;1H. The first-order valence-corrected chi connectivity index (χ1v) is 8.73. The van der Waals surface area contributed by atoms with Crippen LogP contribution in [0.15, 0.2) is 24.3 Å². The number of carbonyl (C=O) groups is 1. The van der Waals surface area contributed by atoms with Crippen molar-refractivity contribution in [3.05, 3.63) is 35.4 Å². The predicted molar refractivity (Wildman–Crippen MR) is 94.2 cm³/mol. The fourth-order valence-corrected chi connectivity index (χ4v) is 3.68. The van der Waals surface area contributed by atoms with E-state index in [0.29, 0.717) is 32.7 Å². The molecule has 2 unspecified atom stereocenters. The molecule has 0 aromatic heterocycles. The summed E-state index contributed by atoms with van der Waals surface area (Å²) in [4.78, 5) is 14.4. The van der Waals surface area contributed by atoms with Gasteiger partial charge < -0.3 is 15.0 Å². The van der Waals surface area contributed by atoms with Gasteiger partial charge in [-0.05, 0) is 30.9 Å². The minimum atomic E-state index is -4.42. The van der Waals surface area contributed by atoms with E-state index in [1.165, 1.54) is 12.1 Å². The Morgan fingerprint density at radius 2 is 2.04 bits per heavy atom. The van der Waals surface area contributed by atoms with Crippen LogP contribution in [0.2, 0.25) is 0 Å². The molecule has 1 N–H and O–H groups in total.